The van der Waals surface area contributed by atoms with Crippen LogP contribution in [0.3, 0.4) is 0 Å². The van der Waals surface area contributed by atoms with Crippen LogP contribution in [0.2, 0.25) is 0 Å². The Morgan fingerprint density at radius 2 is 2.14 bits per heavy atom. The predicted molar refractivity (Wildman–Crippen MR) is 85.6 cm³/mol. The molecule has 1 aromatic heterocycles. The van der Waals surface area contributed by atoms with Crippen molar-refractivity contribution in [3.05, 3.63) is 30.3 Å². The van der Waals surface area contributed by atoms with Crippen molar-refractivity contribution in [3.63, 3.8) is 0 Å². The second-order valence-electron chi connectivity index (χ2n) is 5.27. The van der Waals surface area contributed by atoms with Gasteiger partial charge in [-0.3, -0.25) is 10.1 Å². The summed E-state index contributed by atoms with van der Waals surface area (Å²) in [5.74, 6) is -0.435. The summed E-state index contributed by atoms with van der Waals surface area (Å²) in [7, 11) is 0. The number of rotatable bonds is 4. The summed E-state index contributed by atoms with van der Waals surface area (Å²) in [6.45, 7) is 0.839. The third-order valence-corrected chi connectivity index (χ3v) is 4.56. The highest BCUT2D eigenvalue weighted by Crippen LogP contribution is 2.26. The third kappa shape index (κ3) is 3.49. The van der Waals surface area contributed by atoms with Gasteiger partial charge in [0, 0.05) is 11.6 Å². The molecule has 2 aromatic rings. The van der Waals surface area contributed by atoms with E-state index in [0.29, 0.717) is 5.13 Å². The van der Waals surface area contributed by atoms with Gasteiger partial charge in [0.2, 0.25) is 5.13 Å². The topological polar surface area (TPSA) is 87.1 Å². The number of nitrogens with zero attached hydrogens (tertiary/aromatic N) is 2. The second kappa shape index (κ2) is 6.95. The third-order valence-electron chi connectivity index (χ3n) is 3.67. The summed E-state index contributed by atoms with van der Waals surface area (Å²) >= 11 is 1.29. The highest BCUT2D eigenvalue weighted by atomic mass is 32.1. The van der Waals surface area contributed by atoms with Crippen molar-refractivity contribution in [1.29, 1.82) is 0 Å². The average Bonchev–Trinajstić information content (AvgIpc) is 3.04. The molecule has 2 heterocycles. The van der Waals surface area contributed by atoms with Crippen LogP contribution in [0.15, 0.2) is 30.3 Å². The number of aliphatic hydroxyl groups is 1. The maximum Gasteiger partial charge on any atom is 0.256 e. The van der Waals surface area contributed by atoms with Crippen LogP contribution in [-0.4, -0.2) is 39.9 Å². The number of anilines is 1. The van der Waals surface area contributed by atoms with Crippen LogP contribution in [0.1, 0.15) is 19.3 Å². The van der Waals surface area contributed by atoms with Gasteiger partial charge in [0.15, 0.2) is 0 Å². The molecular weight excluding hydrogens is 300 g/mol. The van der Waals surface area contributed by atoms with Gasteiger partial charge in [-0.1, -0.05) is 48.1 Å². The van der Waals surface area contributed by atoms with Crippen molar-refractivity contribution in [2.75, 3.05) is 11.9 Å². The fraction of sp³-hybridized carbons (Fsp3) is 0.400. The SMILES string of the molecule is O=C(Nc1nnc(-c2ccccc2)s1)C(O)C1CCCCN1. The molecule has 1 aliphatic rings. The first kappa shape index (κ1) is 15.1. The average molecular weight is 318 g/mol. The summed E-state index contributed by atoms with van der Waals surface area (Å²) in [6.07, 6.45) is 1.85. The normalized spacial score (nSPS) is 19.6. The van der Waals surface area contributed by atoms with Crippen LogP contribution in [0.25, 0.3) is 10.6 Å². The molecule has 22 heavy (non-hydrogen) atoms. The number of amides is 1. The number of hydrogen-bond acceptors (Lipinski definition) is 6. The second-order valence-corrected chi connectivity index (χ2v) is 6.25. The van der Waals surface area contributed by atoms with Gasteiger partial charge in [0.1, 0.15) is 11.1 Å². The van der Waals surface area contributed by atoms with Crippen LogP contribution < -0.4 is 10.6 Å². The van der Waals surface area contributed by atoms with E-state index in [1.54, 1.807) is 0 Å². The molecule has 0 spiro atoms. The fourth-order valence-corrected chi connectivity index (χ4v) is 3.23. The Labute approximate surface area is 132 Å². The standard InChI is InChI=1S/C15H18N4O2S/c20-12(11-8-4-5-9-16-11)13(21)17-15-19-18-14(22-15)10-6-2-1-3-7-10/h1-3,6-7,11-12,16,20H,4-5,8-9H2,(H,17,19,21). The number of hydrogen-bond donors (Lipinski definition) is 3. The van der Waals surface area contributed by atoms with E-state index in [9.17, 15) is 9.90 Å². The lowest BCUT2D eigenvalue weighted by molar-refractivity contribution is -0.125. The van der Waals surface area contributed by atoms with E-state index in [0.717, 1.165) is 36.4 Å². The van der Waals surface area contributed by atoms with Crippen LogP contribution in [-0.2, 0) is 4.79 Å². The van der Waals surface area contributed by atoms with Crippen LogP contribution in [0.4, 0.5) is 5.13 Å². The Kier molecular flexibility index (Phi) is 4.77. The van der Waals surface area contributed by atoms with Crippen molar-refractivity contribution in [2.45, 2.75) is 31.4 Å². The highest BCUT2D eigenvalue weighted by Gasteiger charge is 2.27. The maximum absolute atomic E-state index is 12.1. The van der Waals surface area contributed by atoms with Crippen molar-refractivity contribution in [3.8, 4) is 10.6 Å². The van der Waals surface area contributed by atoms with Gasteiger partial charge in [0.25, 0.3) is 5.91 Å². The summed E-state index contributed by atoms with van der Waals surface area (Å²) in [5.41, 5.74) is 0.954. The van der Waals surface area contributed by atoms with E-state index >= 15 is 0 Å². The summed E-state index contributed by atoms with van der Waals surface area (Å²) in [4.78, 5) is 12.1. The molecule has 2 unspecified atom stereocenters. The predicted octanol–water partition coefficient (Wildman–Crippen LogP) is 1.65. The first-order valence-corrected chi connectivity index (χ1v) is 8.17. The highest BCUT2D eigenvalue weighted by molar-refractivity contribution is 7.18. The van der Waals surface area contributed by atoms with Gasteiger partial charge >= 0.3 is 0 Å². The molecule has 1 saturated heterocycles. The minimum atomic E-state index is -1.07. The molecule has 0 radical (unpaired) electrons. The van der Waals surface area contributed by atoms with Crippen molar-refractivity contribution in [1.82, 2.24) is 15.5 Å². The smallest absolute Gasteiger partial charge is 0.256 e. The zero-order valence-corrected chi connectivity index (χ0v) is 12.8. The van der Waals surface area contributed by atoms with E-state index in [1.807, 2.05) is 30.3 Å². The van der Waals surface area contributed by atoms with E-state index in [2.05, 4.69) is 20.8 Å². The van der Waals surface area contributed by atoms with Gasteiger partial charge in [-0.2, -0.15) is 0 Å². The van der Waals surface area contributed by atoms with Gasteiger partial charge in [-0.25, -0.2) is 0 Å². The molecule has 7 heteroatoms. The monoisotopic (exact) mass is 318 g/mol. The van der Waals surface area contributed by atoms with Gasteiger partial charge in [-0.05, 0) is 19.4 Å². The number of carbonyl (C=O) groups is 1. The van der Waals surface area contributed by atoms with Crippen molar-refractivity contribution < 1.29 is 9.90 Å². The van der Waals surface area contributed by atoms with Crippen molar-refractivity contribution >= 4 is 22.4 Å². The lowest BCUT2D eigenvalue weighted by Gasteiger charge is -2.26. The molecule has 3 N–H and O–H groups in total. The molecule has 0 aliphatic carbocycles. The van der Waals surface area contributed by atoms with Crippen molar-refractivity contribution in [2.24, 2.45) is 0 Å². The first-order chi connectivity index (χ1) is 10.7. The van der Waals surface area contributed by atoms with Crippen LogP contribution in [0, 0.1) is 0 Å². The van der Waals surface area contributed by atoms with Crippen LogP contribution in [0.5, 0.6) is 0 Å². The molecule has 1 amide bonds. The lowest BCUT2D eigenvalue weighted by Crippen LogP contribution is -2.48. The molecule has 1 aliphatic heterocycles. The zero-order valence-electron chi connectivity index (χ0n) is 12.0. The molecular formula is C15H18N4O2S. The molecule has 3 rings (SSSR count). The molecule has 116 valence electrons. The number of aliphatic hydroxyl groups excluding tert-OH is 1. The number of piperidine rings is 1. The first-order valence-electron chi connectivity index (χ1n) is 7.35. The largest absolute Gasteiger partial charge is 0.382 e. The summed E-state index contributed by atoms with van der Waals surface area (Å²) in [5, 5.41) is 25.1. The number of carbonyl (C=O) groups excluding carboxylic acids is 1. The fourth-order valence-electron chi connectivity index (χ4n) is 2.48. The number of aromatic nitrogens is 2. The quantitative estimate of drug-likeness (QED) is 0.798. The minimum Gasteiger partial charge on any atom is -0.382 e. The van der Waals surface area contributed by atoms with Gasteiger partial charge in [0.05, 0.1) is 0 Å². The summed E-state index contributed by atoms with van der Waals surface area (Å²) < 4.78 is 0. The van der Waals surface area contributed by atoms with E-state index in [-0.39, 0.29) is 6.04 Å². The zero-order chi connectivity index (χ0) is 15.4. The van der Waals surface area contributed by atoms with Gasteiger partial charge in [-0.15, -0.1) is 10.2 Å². The molecule has 6 nitrogen and oxygen atoms in total. The number of benzene rings is 1. The molecule has 1 aromatic carbocycles. The molecule has 2 atom stereocenters. The molecule has 0 saturated carbocycles. The maximum atomic E-state index is 12.1. The molecule has 0 bridgehead atoms. The number of nitrogens with one attached hydrogen (secondary N) is 2. The minimum absolute atomic E-state index is 0.185. The van der Waals surface area contributed by atoms with E-state index in [4.69, 9.17) is 0 Å². The Morgan fingerprint density at radius 1 is 1.32 bits per heavy atom. The lowest BCUT2D eigenvalue weighted by atomic mass is 9.99. The van der Waals surface area contributed by atoms with Crippen LogP contribution >= 0.6 is 11.3 Å². The van der Waals surface area contributed by atoms with E-state index < -0.39 is 12.0 Å². The van der Waals surface area contributed by atoms with Gasteiger partial charge < -0.3 is 10.4 Å². The Morgan fingerprint density at radius 3 is 2.86 bits per heavy atom. The summed E-state index contributed by atoms with van der Waals surface area (Å²) in [6, 6.07) is 9.47. The Bertz CT molecular complexity index is 625. The van der Waals surface area contributed by atoms with E-state index in [1.165, 1.54) is 11.3 Å². The Balaban J connectivity index is 1.63. The Hall–Kier alpha value is -1.83. The molecule has 1 fully saturated rings.